The third kappa shape index (κ3) is 4.57. The maximum atomic E-state index is 12.5. The average Bonchev–Trinajstić information content (AvgIpc) is 2.62. The van der Waals surface area contributed by atoms with E-state index in [9.17, 15) is 9.59 Å². The Morgan fingerprint density at radius 2 is 1.89 bits per heavy atom. The van der Waals surface area contributed by atoms with Crippen LogP contribution in [0.1, 0.15) is 12.5 Å². The maximum Gasteiger partial charge on any atom is 0.275 e. The van der Waals surface area contributed by atoms with E-state index >= 15 is 0 Å². The van der Waals surface area contributed by atoms with E-state index in [4.69, 9.17) is 5.73 Å². The molecule has 0 unspecified atom stereocenters. The normalized spacial score (nSPS) is 11.8. The van der Waals surface area contributed by atoms with Crippen LogP contribution in [0.5, 0.6) is 0 Å². The van der Waals surface area contributed by atoms with Crippen molar-refractivity contribution >= 4 is 29.2 Å². The molecule has 6 nitrogen and oxygen atoms in total. The van der Waals surface area contributed by atoms with Crippen LogP contribution in [0.15, 0.2) is 70.6 Å². The van der Waals surface area contributed by atoms with Gasteiger partial charge in [0.1, 0.15) is 5.82 Å². The second-order valence-electron chi connectivity index (χ2n) is 6.09. The van der Waals surface area contributed by atoms with Gasteiger partial charge in [0.25, 0.3) is 5.56 Å². The SMILES string of the molecule is Cc1cccc(-n2c(N)cc(=O)nc2S[C@@H](C)C(=O)Nc2ccccc2)c1. The first-order valence-corrected chi connectivity index (χ1v) is 9.31. The van der Waals surface area contributed by atoms with Gasteiger partial charge in [0.2, 0.25) is 5.91 Å². The molecule has 7 heteroatoms. The van der Waals surface area contributed by atoms with Crippen molar-refractivity contribution in [1.29, 1.82) is 0 Å². The molecule has 0 aliphatic heterocycles. The standard InChI is InChI=1S/C20H20N4O2S/c1-13-7-6-10-16(11-13)24-17(21)12-18(25)23-20(24)27-14(2)19(26)22-15-8-4-3-5-9-15/h3-12,14H,21H2,1-2H3,(H,22,26)/t14-/m0/s1. The second-order valence-corrected chi connectivity index (χ2v) is 7.40. The van der Waals surface area contributed by atoms with E-state index in [1.165, 1.54) is 17.8 Å². The molecule has 0 spiro atoms. The van der Waals surface area contributed by atoms with E-state index < -0.39 is 10.8 Å². The highest BCUT2D eigenvalue weighted by molar-refractivity contribution is 8.00. The molecule has 0 saturated heterocycles. The van der Waals surface area contributed by atoms with Gasteiger partial charge in [0.15, 0.2) is 5.16 Å². The van der Waals surface area contributed by atoms with Gasteiger partial charge < -0.3 is 11.1 Å². The topological polar surface area (TPSA) is 90.0 Å². The van der Waals surface area contributed by atoms with Gasteiger partial charge in [-0.1, -0.05) is 42.1 Å². The van der Waals surface area contributed by atoms with Crippen LogP contribution in [0, 0.1) is 6.92 Å². The molecule has 27 heavy (non-hydrogen) atoms. The molecular weight excluding hydrogens is 360 g/mol. The molecule has 0 radical (unpaired) electrons. The number of rotatable bonds is 5. The first kappa shape index (κ1) is 18.7. The Hall–Kier alpha value is -3.06. The summed E-state index contributed by atoms with van der Waals surface area (Å²) in [5, 5.41) is 2.75. The fraction of sp³-hybridized carbons (Fsp3) is 0.150. The molecule has 1 aromatic heterocycles. The molecule has 0 bridgehead atoms. The molecule has 1 atom stereocenters. The number of anilines is 2. The predicted molar refractivity (Wildman–Crippen MR) is 109 cm³/mol. The van der Waals surface area contributed by atoms with Crippen LogP contribution in [0.4, 0.5) is 11.5 Å². The molecule has 138 valence electrons. The Labute approximate surface area is 161 Å². The van der Waals surface area contributed by atoms with E-state index in [1.807, 2.05) is 61.5 Å². The number of para-hydroxylation sites is 1. The van der Waals surface area contributed by atoms with E-state index in [0.29, 0.717) is 10.8 Å². The van der Waals surface area contributed by atoms with Crippen molar-refractivity contribution in [3.63, 3.8) is 0 Å². The molecule has 3 N–H and O–H groups in total. The Bertz CT molecular complexity index is 1020. The van der Waals surface area contributed by atoms with Gasteiger partial charge >= 0.3 is 0 Å². The Balaban J connectivity index is 1.90. The number of nitrogens with two attached hydrogens (primary N) is 1. The van der Waals surface area contributed by atoms with Crippen molar-refractivity contribution in [2.24, 2.45) is 0 Å². The summed E-state index contributed by atoms with van der Waals surface area (Å²) in [7, 11) is 0. The molecule has 0 fully saturated rings. The van der Waals surface area contributed by atoms with Crippen LogP contribution in [0.2, 0.25) is 0 Å². The number of carbonyl (C=O) groups is 1. The van der Waals surface area contributed by atoms with Gasteiger partial charge in [-0.05, 0) is 43.7 Å². The highest BCUT2D eigenvalue weighted by Gasteiger charge is 2.19. The fourth-order valence-corrected chi connectivity index (χ4v) is 3.50. The van der Waals surface area contributed by atoms with E-state index in [-0.39, 0.29) is 11.7 Å². The van der Waals surface area contributed by atoms with Crippen LogP contribution in [-0.4, -0.2) is 20.7 Å². The fourth-order valence-electron chi connectivity index (χ4n) is 2.56. The number of benzene rings is 2. The van der Waals surface area contributed by atoms with Gasteiger partial charge in [-0.2, -0.15) is 4.98 Å². The summed E-state index contributed by atoms with van der Waals surface area (Å²) in [5.41, 5.74) is 8.21. The lowest BCUT2D eigenvalue weighted by atomic mass is 10.2. The van der Waals surface area contributed by atoms with Crippen molar-refractivity contribution in [3.05, 3.63) is 76.6 Å². The summed E-state index contributed by atoms with van der Waals surface area (Å²) in [6.07, 6.45) is 0. The van der Waals surface area contributed by atoms with Gasteiger partial charge in [-0.3, -0.25) is 14.2 Å². The average molecular weight is 380 g/mol. The summed E-state index contributed by atoms with van der Waals surface area (Å²) < 4.78 is 1.69. The van der Waals surface area contributed by atoms with E-state index in [1.54, 1.807) is 11.5 Å². The number of amides is 1. The number of aryl methyl sites for hydroxylation is 1. The molecule has 1 amide bonds. The lowest BCUT2D eigenvalue weighted by molar-refractivity contribution is -0.115. The Morgan fingerprint density at radius 1 is 1.15 bits per heavy atom. The number of hydrogen-bond donors (Lipinski definition) is 2. The largest absolute Gasteiger partial charge is 0.385 e. The quantitative estimate of drug-likeness (QED) is 0.524. The molecule has 0 saturated carbocycles. The summed E-state index contributed by atoms with van der Waals surface area (Å²) >= 11 is 1.19. The maximum absolute atomic E-state index is 12.5. The molecule has 0 aliphatic carbocycles. The first-order valence-electron chi connectivity index (χ1n) is 8.43. The smallest absolute Gasteiger partial charge is 0.275 e. The van der Waals surface area contributed by atoms with Crippen molar-refractivity contribution in [3.8, 4) is 5.69 Å². The number of nitrogen functional groups attached to an aromatic ring is 1. The lowest BCUT2D eigenvalue weighted by Crippen LogP contribution is -2.24. The number of nitrogens with zero attached hydrogens (tertiary/aromatic N) is 2. The minimum atomic E-state index is -0.477. The Kier molecular flexibility index (Phi) is 5.61. The van der Waals surface area contributed by atoms with Gasteiger partial charge in [-0.25, -0.2) is 0 Å². The van der Waals surface area contributed by atoms with Gasteiger partial charge in [0.05, 0.1) is 5.25 Å². The van der Waals surface area contributed by atoms with Crippen LogP contribution in [-0.2, 0) is 4.79 Å². The van der Waals surface area contributed by atoms with Crippen molar-refractivity contribution in [2.75, 3.05) is 11.1 Å². The van der Waals surface area contributed by atoms with Crippen molar-refractivity contribution in [2.45, 2.75) is 24.3 Å². The summed E-state index contributed by atoms with van der Waals surface area (Å²) in [4.78, 5) is 28.5. The third-order valence-electron chi connectivity index (χ3n) is 3.88. The second kappa shape index (κ2) is 8.09. The third-order valence-corrected chi connectivity index (χ3v) is 4.93. The number of aromatic nitrogens is 2. The highest BCUT2D eigenvalue weighted by Crippen LogP contribution is 2.27. The molecule has 1 heterocycles. The Morgan fingerprint density at radius 3 is 2.59 bits per heavy atom. The highest BCUT2D eigenvalue weighted by atomic mass is 32.2. The minimum absolute atomic E-state index is 0.182. The molecular formula is C20H20N4O2S. The zero-order valence-electron chi connectivity index (χ0n) is 15.0. The minimum Gasteiger partial charge on any atom is -0.385 e. The molecule has 2 aromatic carbocycles. The molecule has 3 rings (SSSR count). The van der Waals surface area contributed by atoms with E-state index in [2.05, 4.69) is 10.3 Å². The van der Waals surface area contributed by atoms with Crippen LogP contribution < -0.4 is 16.6 Å². The number of hydrogen-bond acceptors (Lipinski definition) is 5. The molecule has 3 aromatic rings. The first-order chi connectivity index (χ1) is 12.9. The van der Waals surface area contributed by atoms with Gasteiger partial charge in [0, 0.05) is 17.4 Å². The van der Waals surface area contributed by atoms with Crippen LogP contribution in [0.3, 0.4) is 0 Å². The molecule has 0 aliphatic rings. The zero-order valence-corrected chi connectivity index (χ0v) is 15.9. The zero-order chi connectivity index (χ0) is 19.4. The summed E-state index contributed by atoms with van der Waals surface area (Å²) in [6.45, 7) is 3.73. The number of carbonyl (C=O) groups excluding carboxylic acids is 1. The summed E-state index contributed by atoms with van der Waals surface area (Å²) in [6, 6.07) is 18.2. The monoisotopic (exact) mass is 380 g/mol. The van der Waals surface area contributed by atoms with Crippen molar-refractivity contribution in [1.82, 2.24) is 9.55 Å². The van der Waals surface area contributed by atoms with E-state index in [0.717, 1.165) is 11.3 Å². The van der Waals surface area contributed by atoms with Crippen molar-refractivity contribution < 1.29 is 4.79 Å². The predicted octanol–water partition coefficient (Wildman–Crippen LogP) is 3.24. The lowest BCUT2D eigenvalue weighted by Gasteiger charge is -2.17. The number of thioether (sulfide) groups is 1. The van der Waals surface area contributed by atoms with Crippen LogP contribution >= 0.6 is 11.8 Å². The summed E-state index contributed by atoms with van der Waals surface area (Å²) in [5.74, 6) is 0.0948. The van der Waals surface area contributed by atoms with Gasteiger partial charge in [-0.15, -0.1) is 0 Å². The van der Waals surface area contributed by atoms with Crippen LogP contribution in [0.25, 0.3) is 5.69 Å². The number of nitrogens with one attached hydrogen (secondary N) is 1.